The quantitative estimate of drug-likeness (QED) is 0.0482. The summed E-state index contributed by atoms with van der Waals surface area (Å²) in [5.74, 6) is -2.22. The molecule has 3 N–H and O–H groups in total. The molecule has 0 saturated carbocycles. The Kier molecular flexibility index (Phi) is 21.8. The Morgan fingerprint density at radius 2 is 0.923 bits per heavy atom. The molecule has 18 heteroatoms. The van der Waals surface area contributed by atoms with Gasteiger partial charge in [0, 0.05) is 86.8 Å². The Morgan fingerprint density at radius 1 is 0.527 bits per heavy atom. The highest BCUT2D eigenvalue weighted by molar-refractivity contribution is 7.81. The highest BCUT2D eigenvalue weighted by Crippen LogP contribution is 2.42. The molecule has 16 nitrogen and oxygen atoms in total. The van der Waals surface area contributed by atoms with Gasteiger partial charge in [0.25, 0.3) is 11.8 Å². The third-order valence-corrected chi connectivity index (χ3v) is 17.2. The van der Waals surface area contributed by atoms with Gasteiger partial charge >= 0.3 is 11.9 Å². The largest absolute Gasteiger partial charge is 0.480 e. The van der Waals surface area contributed by atoms with Gasteiger partial charge < -0.3 is 30.3 Å². The number of aliphatic carboxylic acids is 1. The zero-order valence-electron chi connectivity index (χ0n) is 52.0. The zero-order chi connectivity index (χ0) is 64.9. The Bertz CT molecular complexity index is 3920. The summed E-state index contributed by atoms with van der Waals surface area (Å²) in [6, 6.07) is 50.2. The molecule has 2 fully saturated rings. The summed E-state index contributed by atoms with van der Waals surface area (Å²) in [5, 5.41) is 16.4. The summed E-state index contributed by atoms with van der Waals surface area (Å²) in [4.78, 5) is 95.6. The minimum atomic E-state index is -1.01. The van der Waals surface area contributed by atoms with Crippen molar-refractivity contribution >= 4 is 81.4 Å². The molecule has 2 unspecified atom stereocenters. The van der Waals surface area contributed by atoms with Crippen molar-refractivity contribution in [2.24, 2.45) is 0 Å². The molecular formula is C73H74N8O8S2. The molecular weight excluding hydrogens is 1180 g/mol. The SMILES string of the molecule is CCc1cccc(C)c1C(=S)N[C@@H](Cc1ccc(N2C(=O)C(Cc3cccnc3)N(C(C)=O)[C@@H]2c2ccccc2)cc1)C(=O)O.CCc1cccc(C)c1C(=S)N[C@@H](Cc1ccc(N2C(=O)C(Cc3cccnc3)N(C(C)=O)[C@@H]2c2ccccc2)cc1)C(=O)OC. The van der Waals surface area contributed by atoms with Crippen LogP contribution in [0.3, 0.4) is 0 Å². The maximum Gasteiger partial charge on any atom is 0.328 e. The first-order chi connectivity index (χ1) is 43.9. The number of ether oxygens (including phenoxy) is 1. The second kappa shape index (κ2) is 30.2. The van der Waals surface area contributed by atoms with Gasteiger partial charge in [-0.2, -0.15) is 0 Å². The van der Waals surface area contributed by atoms with Crippen molar-refractivity contribution in [3.63, 3.8) is 0 Å². The van der Waals surface area contributed by atoms with Gasteiger partial charge in [-0.25, -0.2) is 9.59 Å². The zero-order valence-corrected chi connectivity index (χ0v) is 53.6. The van der Waals surface area contributed by atoms with Crippen molar-refractivity contribution < 1.29 is 38.6 Å². The highest BCUT2D eigenvalue weighted by atomic mass is 32.1. The molecule has 0 bridgehead atoms. The smallest absolute Gasteiger partial charge is 0.328 e. The van der Waals surface area contributed by atoms with E-state index in [0.717, 1.165) is 79.6 Å². The van der Waals surface area contributed by atoms with Crippen molar-refractivity contribution in [1.29, 1.82) is 0 Å². The standard InChI is InChI=1S/C37H38N4O4S.C36H36N4O4S/c1-5-28-15-9-11-24(2)33(28)34(46)39-31(37(44)45-4)21-26-16-18-30(19-17-26)41-35(29-13-7-6-8-14-29)40(25(3)42)32(36(41)43)22-27-12-10-20-38-23-27;1-4-27-14-8-10-23(2)32(27)33(45)38-30(36(43)44)20-25-15-17-29(18-16-25)40-34(28-12-6-5-7-13-28)39(24(3)41)31(35(40)42)21-26-11-9-19-37-22-26/h6-20,23,31-32,35H,5,21-22H2,1-4H3,(H,39,46);5-19,22,30-31,34H,4,20-21H2,1-3H3,(H,38,45)(H,43,44)/t31-,32?,35-;30-,31?,34-/m00/s1. The van der Waals surface area contributed by atoms with Crippen LogP contribution in [0, 0.1) is 13.8 Å². The number of anilines is 2. The number of methoxy groups -OCH3 is 1. The van der Waals surface area contributed by atoms with E-state index in [1.165, 1.54) is 21.0 Å². The first kappa shape index (κ1) is 65.7. The molecule has 0 radical (unpaired) electrons. The van der Waals surface area contributed by atoms with Crippen LogP contribution in [-0.2, 0) is 72.0 Å². The monoisotopic (exact) mass is 1250 g/mol. The number of aromatic nitrogens is 2. The van der Waals surface area contributed by atoms with Crippen LogP contribution in [0.2, 0.25) is 0 Å². The molecule has 4 heterocycles. The van der Waals surface area contributed by atoms with Gasteiger partial charge in [0.15, 0.2) is 0 Å². The minimum Gasteiger partial charge on any atom is -0.480 e. The van der Waals surface area contributed by atoms with Crippen molar-refractivity contribution in [1.82, 2.24) is 30.4 Å². The second-order valence-corrected chi connectivity index (χ2v) is 23.4. The van der Waals surface area contributed by atoms with Crippen LogP contribution in [0.1, 0.15) is 107 Å². The van der Waals surface area contributed by atoms with E-state index < -0.39 is 48.4 Å². The van der Waals surface area contributed by atoms with Crippen LogP contribution < -0.4 is 20.4 Å². The fraction of sp³-hybridized carbons (Fsp3) is 0.260. The van der Waals surface area contributed by atoms with E-state index >= 15 is 0 Å². The number of carboxylic acid groups (broad SMARTS) is 1. The fourth-order valence-corrected chi connectivity index (χ4v) is 13.1. The fourth-order valence-electron chi connectivity index (χ4n) is 12.2. The van der Waals surface area contributed by atoms with Gasteiger partial charge in [-0.1, -0.05) is 172 Å². The number of amides is 4. The van der Waals surface area contributed by atoms with Gasteiger partial charge in [-0.05, 0) is 119 Å². The molecule has 0 spiro atoms. The number of carboxylic acids is 1. The normalized spacial score (nSPS) is 16.7. The number of benzene rings is 6. The number of nitrogens with zero attached hydrogens (tertiary/aromatic N) is 6. The number of aryl methyl sites for hydroxylation is 4. The van der Waals surface area contributed by atoms with Crippen LogP contribution in [-0.4, -0.2) is 102 Å². The second-order valence-electron chi connectivity index (χ2n) is 22.6. The van der Waals surface area contributed by atoms with Crippen molar-refractivity contribution in [2.75, 3.05) is 16.9 Å². The summed E-state index contributed by atoms with van der Waals surface area (Å²) >= 11 is 11.5. The number of nitrogens with one attached hydrogen (secondary N) is 2. The Hall–Kier alpha value is -9.78. The topological polar surface area (TPSA) is 195 Å². The number of hydrogen-bond donors (Lipinski definition) is 3. The highest BCUT2D eigenvalue weighted by Gasteiger charge is 2.50. The third kappa shape index (κ3) is 15.1. The lowest BCUT2D eigenvalue weighted by molar-refractivity contribution is -0.142. The van der Waals surface area contributed by atoms with E-state index in [9.17, 15) is 33.9 Å². The predicted octanol–water partition coefficient (Wildman–Crippen LogP) is 10.9. The summed E-state index contributed by atoms with van der Waals surface area (Å²) in [7, 11) is 1.36. The predicted molar refractivity (Wildman–Crippen MR) is 360 cm³/mol. The van der Waals surface area contributed by atoms with E-state index in [2.05, 4.69) is 27.5 Å². The lowest BCUT2D eigenvalue weighted by Gasteiger charge is -2.31. The Balaban J connectivity index is 0.000000215. The molecule has 466 valence electrons. The van der Waals surface area contributed by atoms with E-state index in [-0.39, 0.29) is 30.0 Å². The molecule has 91 heavy (non-hydrogen) atoms. The summed E-state index contributed by atoms with van der Waals surface area (Å²) in [6.45, 7) is 11.1. The lowest BCUT2D eigenvalue weighted by atomic mass is 9.99. The molecule has 2 saturated heterocycles. The molecule has 6 atom stereocenters. The number of pyridine rings is 2. The molecule has 2 aliphatic heterocycles. The molecule has 0 aliphatic carbocycles. The number of rotatable bonds is 20. The van der Waals surface area contributed by atoms with Crippen LogP contribution in [0.15, 0.2) is 195 Å². The minimum absolute atomic E-state index is 0.176. The number of hydrogen-bond acceptors (Lipinski definition) is 11. The first-order valence-electron chi connectivity index (χ1n) is 30.3. The van der Waals surface area contributed by atoms with Crippen LogP contribution in [0.25, 0.3) is 0 Å². The van der Waals surface area contributed by atoms with E-state index in [4.69, 9.17) is 29.2 Å². The molecule has 4 amide bonds. The van der Waals surface area contributed by atoms with Crippen molar-refractivity contribution in [3.8, 4) is 0 Å². The van der Waals surface area contributed by atoms with Gasteiger partial charge in [0.05, 0.1) is 7.11 Å². The van der Waals surface area contributed by atoms with Gasteiger partial charge in [0.2, 0.25) is 11.8 Å². The van der Waals surface area contributed by atoms with Crippen molar-refractivity contribution in [2.45, 2.75) is 117 Å². The summed E-state index contributed by atoms with van der Waals surface area (Å²) < 4.78 is 5.13. The average Bonchev–Trinajstić information content (AvgIpc) is 1.62. The first-order valence-corrected chi connectivity index (χ1v) is 31.1. The van der Waals surface area contributed by atoms with E-state index in [1.54, 1.807) is 44.4 Å². The van der Waals surface area contributed by atoms with Crippen LogP contribution >= 0.6 is 24.4 Å². The molecule has 2 aromatic heterocycles. The van der Waals surface area contributed by atoms with Crippen LogP contribution in [0.4, 0.5) is 11.4 Å². The number of esters is 1. The summed E-state index contributed by atoms with van der Waals surface area (Å²) in [5.41, 5.74) is 12.2. The van der Waals surface area contributed by atoms with Gasteiger partial charge in [0.1, 0.15) is 46.5 Å². The van der Waals surface area contributed by atoms with Gasteiger partial charge in [-0.15, -0.1) is 0 Å². The average molecular weight is 1260 g/mol. The molecule has 8 aromatic rings. The molecule has 6 aromatic carbocycles. The maximum atomic E-state index is 14.2. The maximum absolute atomic E-state index is 14.2. The van der Waals surface area contributed by atoms with Gasteiger partial charge in [-0.3, -0.25) is 38.9 Å². The number of thiocarbonyl (C=S) groups is 2. The Labute approximate surface area is 542 Å². The van der Waals surface area contributed by atoms with E-state index in [1.807, 2.05) is 191 Å². The lowest BCUT2D eigenvalue weighted by Crippen LogP contribution is -2.43. The van der Waals surface area contributed by atoms with Crippen molar-refractivity contribution in [3.05, 3.63) is 261 Å². The molecule has 2 aliphatic rings. The number of carbonyl (C=O) groups is 6. The van der Waals surface area contributed by atoms with Crippen LogP contribution in [0.5, 0.6) is 0 Å². The molecule has 10 rings (SSSR count). The Morgan fingerprint density at radius 3 is 1.27 bits per heavy atom. The van der Waals surface area contributed by atoms with E-state index in [0.29, 0.717) is 40.6 Å². The number of carbonyl (C=O) groups excluding carboxylic acids is 5. The third-order valence-electron chi connectivity index (χ3n) is 16.6. The summed E-state index contributed by atoms with van der Waals surface area (Å²) in [6.07, 6.45) is 8.29.